The molecule has 5 heteroatoms. The maximum Gasteiger partial charge on any atom is 0.311 e. The van der Waals surface area contributed by atoms with Crippen LogP contribution in [0.2, 0.25) is 0 Å². The Labute approximate surface area is 154 Å². The molecule has 7 atom stereocenters. The SMILES string of the molecule is C[C@@H]1CCC[C@@]2(C)C[C@H]3OC(=O)[C@H](CNCc4ccccn4)[C@@H]3[C@H]3O[C@@]132. The third kappa shape index (κ3) is 2.23. The highest BCUT2D eigenvalue weighted by molar-refractivity contribution is 5.76. The maximum absolute atomic E-state index is 12.6. The summed E-state index contributed by atoms with van der Waals surface area (Å²) in [7, 11) is 0. The molecule has 3 heterocycles. The first-order valence-electron chi connectivity index (χ1n) is 10.0. The van der Waals surface area contributed by atoms with Crippen LogP contribution >= 0.6 is 0 Å². The monoisotopic (exact) mass is 356 g/mol. The van der Waals surface area contributed by atoms with Crippen molar-refractivity contribution in [3.63, 3.8) is 0 Å². The number of ether oxygens (including phenoxy) is 2. The molecular weight excluding hydrogens is 328 g/mol. The van der Waals surface area contributed by atoms with E-state index >= 15 is 0 Å². The summed E-state index contributed by atoms with van der Waals surface area (Å²) in [6.07, 6.45) is 6.66. The van der Waals surface area contributed by atoms with Gasteiger partial charge in [-0.05, 0) is 37.3 Å². The van der Waals surface area contributed by atoms with Crippen LogP contribution in [0, 0.1) is 23.2 Å². The lowest BCUT2D eigenvalue weighted by molar-refractivity contribution is -0.146. The lowest BCUT2D eigenvalue weighted by Gasteiger charge is -2.48. The normalized spacial score (nSPS) is 46.1. The summed E-state index contributed by atoms with van der Waals surface area (Å²) in [6, 6.07) is 5.90. The number of nitrogens with zero attached hydrogens (tertiary/aromatic N) is 1. The van der Waals surface area contributed by atoms with Crippen LogP contribution in [0.3, 0.4) is 0 Å². The maximum atomic E-state index is 12.6. The fourth-order valence-corrected chi connectivity index (χ4v) is 6.32. The molecule has 2 aliphatic carbocycles. The van der Waals surface area contributed by atoms with Gasteiger partial charge in [-0.25, -0.2) is 0 Å². The van der Waals surface area contributed by atoms with Gasteiger partial charge in [0.1, 0.15) is 11.7 Å². The summed E-state index contributed by atoms with van der Waals surface area (Å²) in [6.45, 7) is 6.01. The van der Waals surface area contributed by atoms with E-state index in [0.29, 0.717) is 19.0 Å². The number of aromatic nitrogens is 1. The Hall–Kier alpha value is -1.46. The Morgan fingerprint density at radius 1 is 1.38 bits per heavy atom. The van der Waals surface area contributed by atoms with Crippen molar-refractivity contribution in [1.29, 1.82) is 0 Å². The Kier molecular flexibility index (Phi) is 3.70. The Balaban J connectivity index is 1.32. The van der Waals surface area contributed by atoms with Gasteiger partial charge < -0.3 is 14.8 Å². The van der Waals surface area contributed by atoms with Gasteiger partial charge in [-0.15, -0.1) is 0 Å². The van der Waals surface area contributed by atoms with E-state index in [4.69, 9.17) is 9.47 Å². The summed E-state index contributed by atoms with van der Waals surface area (Å²) < 4.78 is 12.3. The Morgan fingerprint density at radius 3 is 3.08 bits per heavy atom. The van der Waals surface area contributed by atoms with Gasteiger partial charge in [-0.2, -0.15) is 0 Å². The molecule has 0 aromatic carbocycles. The van der Waals surface area contributed by atoms with Crippen molar-refractivity contribution in [1.82, 2.24) is 10.3 Å². The average molecular weight is 356 g/mol. The molecule has 0 bridgehead atoms. The van der Waals surface area contributed by atoms with Crippen LogP contribution in [0.1, 0.15) is 45.2 Å². The van der Waals surface area contributed by atoms with E-state index in [1.54, 1.807) is 6.20 Å². The smallest absolute Gasteiger partial charge is 0.311 e. The molecule has 4 aliphatic rings. The minimum absolute atomic E-state index is 0.0143. The highest BCUT2D eigenvalue weighted by Crippen LogP contribution is 2.70. The molecule has 26 heavy (non-hydrogen) atoms. The van der Waals surface area contributed by atoms with Crippen LogP contribution in [-0.2, 0) is 20.8 Å². The van der Waals surface area contributed by atoms with Crippen LogP contribution in [0.5, 0.6) is 0 Å². The molecule has 2 saturated heterocycles. The molecule has 5 nitrogen and oxygen atoms in total. The quantitative estimate of drug-likeness (QED) is 0.664. The van der Waals surface area contributed by atoms with E-state index in [2.05, 4.69) is 24.1 Å². The first kappa shape index (κ1) is 16.7. The second-order valence-corrected chi connectivity index (χ2v) is 9.00. The van der Waals surface area contributed by atoms with Crippen LogP contribution < -0.4 is 5.32 Å². The molecule has 140 valence electrons. The molecule has 1 spiro atoms. The number of hydrogen-bond donors (Lipinski definition) is 1. The van der Waals surface area contributed by atoms with Crippen LogP contribution in [0.15, 0.2) is 24.4 Å². The van der Waals surface area contributed by atoms with Gasteiger partial charge in [-0.1, -0.05) is 26.3 Å². The predicted molar refractivity (Wildman–Crippen MR) is 96.1 cm³/mol. The number of hydrogen-bond acceptors (Lipinski definition) is 5. The highest BCUT2D eigenvalue weighted by Gasteiger charge is 2.78. The molecule has 4 fully saturated rings. The van der Waals surface area contributed by atoms with Crippen LogP contribution in [0.25, 0.3) is 0 Å². The van der Waals surface area contributed by atoms with Gasteiger partial charge in [0, 0.05) is 30.6 Å². The van der Waals surface area contributed by atoms with E-state index < -0.39 is 0 Å². The fourth-order valence-electron chi connectivity index (χ4n) is 6.32. The van der Waals surface area contributed by atoms with Crippen molar-refractivity contribution in [2.45, 2.75) is 63.9 Å². The van der Waals surface area contributed by atoms with Gasteiger partial charge in [0.15, 0.2) is 0 Å². The van der Waals surface area contributed by atoms with Crippen LogP contribution in [-0.4, -0.2) is 35.3 Å². The second-order valence-electron chi connectivity index (χ2n) is 9.00. The molecule has 5 rings (SSSR count). The summed E-state index contributed by atoms with van der Waals surface area (Å²) in [4.78, 5) is 16.9. The minimum atomic E-state index is -0.105. The largest absolute Gasteiger partial charge is 0.462 e. The summed E-state index contributed by atoms with van der Waals surface area (Å²) in [5.41, 5.74) is 1.14. The van der Waals surface area contributed by atoms with E-state index in [1.807, 2.05) is 18.2 Å². The Bertz CT molecular complexity index is 710. The molecule has 1 N–H and O–H groups in total. The van der Waals surface area contributed by atoms with Gasteiger partial charge in [0.05, 0.1) is 17.7 Å². The van der Waals surface area contributed by atoms with Crippen LogP contribution in [0.4, 0.5) is 0 Å². The number of carbonyl (C=O) groups excluding carboxylic acids is 1. The zero-order valence-electron chi connectivity index (χ0n) is 15.6. The molecule has 0 radical (unpaired) electrons. The Morgan fingerprint density at radius 2 is 2.27 bits per heavy atom. The molecular formula is C21H28N2O3. The first-order valence-corrected chi connectivity index (χ1v) is 10.0. The van der Waals surface area contributed by atoms with Gasteiger partial charge in [0.25, 0.3) is 0 Å². The zero-order chi connectivity index (χ0) is 17.9. The topological polar surface area (TPSA) is 63.8 Å². The standard InChI is InChI=1S/C21H28N2O3/c1-13-6-5-8-20(2)10-16-17(18-21(13,20)26-18)15(19(24)25-16)12-22-11-14-7-3-4-9-23-14/h3-4,7,9,13,15-18,22H,5-6,8,10-12H2,1-2H3/t13-,15-,16-,17+,18-,20+,21+/m1/s1. The lowest BCUT2D eigenvalue weighted by Crippen LogP contribution is -2.54. The molecule has 1 aromatic heterocycles. The summed E-state index contributed by atoms with van der Waals surface area (Å²) in [5.74, 6) is 0.623. The third-order valence-electron chi connectivity index (χ3n) is 7.59. The van der Waals surface area contributed by atoms with E-state index in [9.17, 15) is 4.79 Å². The molecule has 1 aromatic rings. The second kappa shape index (κ2) is 5.77. The van der Waals surface area contributed by atoms with E-state index in [1.165, 1.54) is 19.3 Å². The van der Waals surface area contributed by atoms with Gasteiger partial charge in [0.2, 0.25) is 0 Å². The average Bonchev–Trinajstić information content (AvgIpc) is 3.30. The van der Waals surface area contributed by atoms with Crippen molar-refractivity contribution in [2.75, 3.05) is 6.54 Å². The van der Waals surface area contributed by atoms with Crippen molar-refractivity contribution < 1.29 is 14.3 Å². The third-order valence-corrected chi connectivity index (χ3v) is 7.59. The van der Waals surface area contributed by atoms with Crippen molar-refractivity contribution in [2.24, 2.45) is 23.2 Å². The molecule has 2 aliphatic heterocycles. The minimum Gasteiger partial charge on any atom is -0.462 e. The number of carbonyl (C=O) groups is 1. The van der Waals surface area contributed by atoms with Crippen molar-refractivity contribution in [3.8, 4) is 0 Å². The van der Waals surface area contributed by atoms with E-state index in [-0.39, 0.29) is 41.0 Å². The number of pyridine rings is 1. The molecule has 2 saturated carbocycles. The number of epoxide rings is 1. The first-order chi connectivity index (χ1) is 12.6. The summed E-state index contributed by atoms with van der Waals surface area (Å²) in [5, 5.41) is 3.42. The van der Waals surface area contributed by atoms with Gasteiger partial charge in [-0.3, -0.25) is 9.78 Å². The number of esters is 1. The number of nitrogens with one attached hydrogen (secondary N) is 1. The fraction of sp³-hybridized carbons (Fsp3) is 0.714. The molecule has 0 amide bonds. The summed E-state index contributed by atoms with van der Waals surface area (Å²) >= 11 is 0. The zero-order valence-corrected chi connectivity index (χ0v) is 15.6. The lowest BCUT2D eigenvalue weighted by atomic mass is 9.53. The predicted octanol–water partition coefficient (Wildman–Crippen LogP) is 2.70. The van der Waals surface area contributed by atoms with Crippen molar-refractivity contribution >= 4 is 5.97 Å². The number of rotatable bonds is 4. The van der Waals surface area contributed by atoms with E-state index in [0.717, 1.165) is 12.1 Å². The van der Waals surface area contributed by atoms with Crippen molar-refractivity contribution in [3.05, 3.63) is 30.1 Å². The number of fused-ring (bicyclic) bond motifs is 2. The molecule has 0 unspecified atom stereocenters. The highest BCUT2D eigenvalue weighted by atomic mass is 16.6. The van der Waals surface area contributed by atoms with Gasteiger partial charge >= 0.3 is 5.97 Å².